The molecule has 3 nitrogen and oxygen atoms in total. The second-order valence-electron chi connectivity index (χ2n) is 2.72. The normalized spacial score (nSPS) is 10.3. The maximum atomic E-state index is 11.4. The van der Waals surface area contributed by atoms with Crippen LogP contribution in [0.1, 0.15) is 0 Å². The Morgan fingerprint density at radius 2 is 2.36 bits per heavy atom. The summed E-state index contributed by atoms with van der Waals surface area (Å²) in [6.45, 7) is 0.0686. The highest BCUT2D eigenvalue weighted by Gasteiger charge is 2.06. The minimum absolute atomic E-state index is 0.0686. The third-order valence-electron chi connectivity index (χ3n) is 1.86. The van der Waals surface area contributed by atoms with Gasteiger partial charge in [0.1, 0.15) is 6.54 Å². The number of hydrogen-bond acceptors (Lipinski definition) is 3. The van der Waals surface area contributed by atoms with Crippen molar-refractivity contribution in [3.05, 3.63) is 32.9 Å². The summed E-state index contributed by atoms with van der Waals surface area (Å²) in [6, 6.07) is 7.17. The third kappa shape index (κ3) is 1.41. The summed E-state index contributed by atoms with van der Waals surface area (Å²) in [5.41, 5.74) is 0.731. The van der Waals surface area contributed by atoms with Gasteiger partial charge in [0.05, 0.1) is 16.3 Å². The second-order valence-corrected chi connectivity index (χ2v) is 4.15. The fraction of sp³-hybridized carbons (Fsp3) is 0.111. The summed E-state index contributed by atoms with van der Waals surface area (Å²) in [5, 5.41) is 9.12. The molecule has 0 aliphatic carbocycles. The van der Waals surface area contributed by atoms with E-state index in [9.17, 15) is 4.79 Å². The standard InChI is InChI=1S/C9H5ClN2OS/c10-6-1-2-8-7(5-6)12(4-3-11)9(13)14-8/h1-2,5H,4H2. The number of thiazole rings is 1. The van der Waals surface area contributed by atoms with Crippen LogP contribution in [0.15, 0.2) is 23.0 Å². The fourth-order valence-corrected chi connectivity index (χ4v) is 2.29. The van der Waals surface area contributed by atoms with Crippen molar-refractivity contribution < 1.29 is 0 Å². The van der Waals surface area contributed by atoms with Gasteiger partial charge in [0.2, 0.25) is 0 Å². The number of fused-ring (bicyclic) bond motifs is 1. The fourth-order valence-electron chi connectivity index (χ4n) is 1.26. The van der Waals surface area contributed by atoms with Crippen LogP contribution >= 0.6 is 22.9 Å². The molecule has 1 aromatic heterocycles. The quantitative estimate of drug-likeness (QED) is 0.746. The van der Waals surface area contributed by atoms with E-state index in [1.54, 1.807) is 18.2 Å². The van der Waals surface area contributed by atoms with Crippen molar-refractivity contribution in [2.45, 2.75) is 6.54 Å². The molecule has 0 aliphatic rings. The first-order chi connectivity index (χ1) is 6.72. The topological polar surface area (TPSA) is 45.8 Å². The Balaban J connectivity index is 2.81. The highest BCUT2D eigenvalue weighted by molar-refractivity contribution is 7.16. The third-order valence-corrected chi connectivity index (χ3v) is 3.05. The predicted molar refractivity (Wildman–Crippen MR) is 56.7 cm³/mol. The summed E-state index contributed by atoms with van der Waals surface area (Å²) >= 11 is 6.93. The van der Waals surface area contributed by atoms with Crippen LogP contribution in [0.5, 0.6) is 0 Å². The molecule has 0 saturated heterocycles. The maximum Gasteiger partial charge on any atom is 0.309 e. The summed E-state index contributed by atoms with van der Waals surface area (Å²) in [4.78, 5) is 11.3. The van der Waals surface area contributed by atoms with Crippen molar-refractivity contribution in [3.63, 3.8) is 0 Å². The Morgan fingerprint density at radius 1 is 1.57 bits per heavy atom. The molecule has 14 heavy (non-hydrogen) atoms. The Bertz CT molecular complexity index is 578. The van der Waals surface area contributed by atoms with Gasteiger partial charge in [-0.05, 0) is 18.2 Å². The lowest BCUT2D eigenvalue weighted by Crippen LogP contribution is -2.11. The van der Waals surface area contributed by atoms with Crippen molar-refractivity contribution in [1.29, 1.82) is 5.26 Å². The highest BCUT2D eigenvalue weighted by Crippen LogP contribution is 2.21. The van der Waals surface area contributed by atoms with Gasteiger partial charge in [-0.15, -0.1) is 0 Å². The van der Waals surface area contributed by atoms with Gasteiger partial charge in [-0.1, -0.05) is 22.9 Å². The van der Waals surface area contributed by atoms with Crippen molar-refractivity contribution in [2.24, 2.45) is 0 Å². The molecule has 70 valence electrons. The largest absolute Gasteiger partial charge is 0.309 e. The first-order valence-electron chi connectivity index (χ1n) is 3.88. The molecule has 0 saturated carbocycles. The smallest absolute Gasteiger partial charge is 0.285 e. The summed E-state index contributed by atoms with van der Waals surface area (Å²) in [6.07, 6.45) is 0. The zero-order valence-electron chi connectivity index (χ0n) is 7.03. The Hall–Kier alpha value is -1.31. The minimum Gasteiger partial charge on any atom is -0.285 e. The molecule has 1 heterocycles. The van der Waals surface area contributed by atoms with Crippen LogP contribution in [0.2, 0.25) is 5.02 Å². The van der Waals surface area contributed by atoms with Gasteiger partial charge in [0.25, 0.3) is 0 Å². The lowest BCUT2D eigenvalue weighted by molar-refractivity contribution is 0.851. The van der Waals surface area contributed by atoms with E-state index >= 15 is 0 Å². The lowest BCUT2D eigenvalue weighted by atomic mass is 10.3. The van der Waals surface area contributed by atoms with Gasteiger partial charge in [0.15, 0.2) is 0 Å². The Morgan fingerprint density at radius 3 is 3.07 bits per heavy atom. The zero-order valence-corrected chi connectivity index (χ0v) is 8.60. The van der Waals surface area contributed by atoms with E-state index in [0.29, 0.717) is 5.02 Å². The first-order valence-corrected chi connectivity index (χ1v) is 5.07. The van der Waals surface area contributed by atoms with E-state index in [-0.39, 0.29) is 11.4 Å². The molecule has 2 rings (SSSR count). The van der Waals surface area contributed by atoms with Crippen LogP contribution in [-0.4, -0.2) is 4.57 Å². The number of hydrogen-bond donors (Lipinski definition) is 0. The number of rotatable bonds is 1. The average molecular weight is 225 g/mol. The van der Waals surface area contributed by atoms with Crippen LogP contribution in [0, 0.1) is 11.3 Å². The van der Waals surface area contributed by atoms with Gasteiger partial charge in [0, 0.05) is 5.02 Å². The number of aromatic nitrogens is 1. The summed E-state index contributed by atoms with van der Waals surface area (Å²) in [5.74, 6) is 0. The van der Waals surface area contributed by atoms with E-state index in [1.807, 2.05) is 6.07 Å². The monoisotopic (exact) mass is 224 g/mol. The van der Waals surface area contributed by atoms with E-state index in [2.05, 4.69) is 0 Å². The summed E-state index contributed by atoms with van der Waals surface area (Å²) < 4.78 is 2.28. The number of nitriles is 1. The molecule has 0 fully saturated rings. The lowest BCUT2D eigenvalue weighted by Gasteiger charge is -1.96. The molecule has 2 aromatic rings. The van der Waals surface area contributed by atoms with Crippen LogP contribution < -0.4 is 4.87 Å². The van der Waals surface area contributed by atoms with Gasteiger partial charge >= 0.3 is 4.87 Å². The van der Waals surface area contributed by atoms with Crippen molar-refractivity contribution in [2.75, 3.05) is 0 Å². The van der Waals surface area contributed by atoms with Gasteiger partial charge < -0.3 is 0 Å². The van der Waals surface area contributed by atoms with E-state index in [4.69, 9.17) is 16.9 Å². The van der Waals surface area contributed by atoms with Crippen molar-refractivity contribution in [1.82, 2.24) is 4.57 Å². The Kier molecular flexibility index (Phi) is 2.28. The van der Waals surface area contributed by atoms with E-state index in [1.165, 1.54) is 4.57 Å². The number of halogens is 1. The zero-order chi connectivity index (χ0) is 10.1. The van der Waals surface area contributed by atoms with Crippen molar-refractivity contribution in [3.8, 4) is 6.07 Å². The molecule has 0 bridgehead atoms. The molecule has 0 radical (unpaired) electrons. The molecule has 0 spiro atoms. The minimum atomic E-state index is -0.121. The van der Waals surface area contributed by atoms with Gasteiger partial charge in [-0.2, -0.15) is 5.26 Å². The molecule has 0 N–H and O–H groups in total. The predicted octanol–water partition coefficient (Wildman–Crippen LogP) is 2.24. The summed E-state index contributed by atoms with van der Waals surface area (Å²) in [7, 11) is 0. The second kappa shape index (κ2) is 3.45. The van der Waals surface area contributed by atoms with Crippen LogP contribution in [0.3, 0.4) is 0 Å². The van der Waals surface area contributed by atoms with Crippen LogP contribution in [0.25, 0.3) is 10.2 Å². The average Bonchev–Trinajstić information content (AvgIpc) is 2.45. The maximum absolute atomic E-state index is 11.4. The first kappa shape index (κ1) is 9.25. The van der Waals surface area contributed by atoms with Gasteiger partial charge in [-0.25, -0.2) is 0 Å². The molecule has 0 atom stereocenters. The highest BCUT2D eigenvalue weighted by atomic mass is 35.5. The van der Waals surface area contributed by atoms with E-state index < -0.39 is 0 Å². The van der Waals surface area contributed by atoms with Crippen molar-refractivity contribution >= 4 is 33.2 Å². The molecule has 0 unspecified atom stereocenters. The Labute approximate surface area is 88.8 Å². The molecular weight excluding hydrogens is 220 g/mol. The SMILES string of the molecule is N#CCn1c(=O)sc2ccc(Cl)cc21. The molecule has 0 amide bonds. The molecular formula is C9H5ClN2OS. The van der Waals surface area contributed by atoms with Crippen LogP contribution in [-0.2, 0) is 6.54 Å². The number of nitrogens with zero attached hydrogens (tertiary/aromatic N) is 2. The van der Waals surface area contributed by atoms with Gasteiger partial charge in [-0.3, -0.25) is 9.36 Å². The molecule has 1 aromatic carbocycles. The van der Waals surface area contributed by atoms with Crippen LogP contribution in [0.4, 0.5) is 0 Å². The molecule has 0 aliphatic heterocycles. The number of benzene rings is 1. The van der Waals surface area contributed by atoms with E-state index in [0.717, 1.165) is 21.6 Å². The molecule has 5 heteroatoms.